The van der Waals surface area contributed by atoms with E-state index in [-0.39, 0.29) is 4.90 Å². The number of imidazole rings is 1. The molecule has 3 aromatic rings. The van der Waals surface area contributed by atoms with Gasteiger partial charge in [-0.05, 0) is 60.7 Å². The van der Waals surface area contributed by atoms with E-state index in [1.807, 2.05) is 24.3 Å². The number of nitrogens with zero attached hydrogens (tertiary/aromatic N) is 2. The molecule has 8 heteroatoms. The van der Waals surface area contributed by atoms with Crippen LogP contribution in [0.1, 0.15) is 24.2 Å². The lowest BCUT2D eigenvalue weighted by Gasteiger charge is -2.07. The van der Waals surface area contributed by atoms with E-state index in [0.717, 1.165) is 17.5 Å². The molecule has 7 nitrogen and oxygen atoms in total. The summed E-state index contributed by atoms with van der Waals surface area (Å²) < 4.78 is 30.3. The second kappa shape index (κ2) is 7.95. The van der Waals surface area contributed by atoms with E-state index in [0.29, 0.717) is 29.8 Å². The zero-order valence-electron chi connectivity index (χ0n) is 16.6. The van der Waals surface area contributed by atoms with Crippen LogP contribution in [0.25, 0.3) is 11.3 Å². The molecule has 1 amide bonds. The summed E-state index contributed by atoms with van der Waals surface area (Å²) in [5.74, 6) is 1.98. The summed E-state index contributed by atoms with van der Waals surface area (Å²) >= 11 is 0. The number of aromatic nitrogens is 2. The average molecular weight is 426 g/mol. The summed E-state index contributed by atoms with van der Waals surface area (Å²) in [5, 5.41) is 0. The molecular formula is C22H23N3O4S. The number of ether oxygens (including phenoxy) is 1. The van der Waals surface area contributed by atoms with Crippen molar-refractivity contribution < 1.29 is 17.9 Å². The fourth-order valence-electron chi connectivity index (χ4n) is 3.19. The number of benzene rings is 2. The van der Waals surface area contributed by atoms with Crippen LogP contribution in [0.5, 0.6) is 5.75 Å². The summed E-state index contributed by atoms with van der Waals surface area (Å²) in [4.78, 5) is 16.6. The van der Waals surface area contributed by atoms with Crippen molar-refractivity contribution in [1.82, 2.24) is 9.55 Å². The molecule has 0 saturated heterocycles. The number of amides is 1. The average Bonchev–Trinajstić information content (AvgIpc) is 3.42. The van der Waals surface area contributed by atoms with E-state index in [2.05, 4.69) is 4.98 Å². The van der Waals surface area contributed by atoms with Gasteiger partial charge in [0.2, 0.25) is 0 Å². The number of carbonyl (C=O) groups is 1. The minimum absolute atomic E-state index is 0.284. The Morgan fingerprint density at radius 1 is 1.13 bits per heavy atom. The molecule has 4 rings (SSSR count). The van der Waals surface area contributed by atoms with Crippen molar-refractivity contribution in [1.29, 1.82) is 0 Å². The first-order chi connectivity index (χ1) is 14.3. The number of hydrogen-bond donors (Lipinski definition) is 1. The molecule has 1 aliphatic rings. The van der Waals surface area contributed by atoms with Crippen LogP contribution in [-0.4, -0.2) is 30.3 Å². The summed E-state index contributed by atoms with van der Waals surface area (Å²) in [5.41, 5.74) is 7.93. The third-order valence-electron chi connectivity index (χ3n) is 5.09. The zero-order chi connectivity index (χ0) is 21.3. The maximum atomic E-state index is 11.7. The number of hydrogen-bond acceptors (Lipinski definition) is 5. The SMILES string of the molecule is CS(=O)(=O)c1ccc(COc2ccc(-c3cn(C(N)=O)c(CC4CC4)n3)cc2)cc1. The predicted molar refractivity (Wildman–Crippen MR) is 113 cm³/mol. The molecule has 0 bridgehead atoms. The van der Waals surface area contributed by atoms with Gasteiger partial charge in [0.15, 0.2) is 9.84 Å². The molecule has 1 aliphatic carbocycles. The Morgan fingerprint density at radius 3 is 2.37 bits per heavy atom. The first kappa shape index (κ1) is 20.2. The van der Waals surface area contributed by atoms with Crippen LogP contribution in [-0.2, 0) is 22.9 Å². The number of sulfone groups is 1. The molecule has 156 valence electrons. The first-order valence-corrected chi connectivity index (χ1v) is 11.6. The standard InChI is InChI=1S/C22H23N3O4S/c1-30(27,28)19-10-4-16(5-11-19)14-29-18-8-6-17(7-9-18)20-13-25(22(23)26)21(24-20)12-15-2-3-15/h4-11,13,15H,2-3,12,14H2,1H3,(H2,23,26). The molecule has 0 spiro atoms. The number of rotatable bonds is 7. The van der Waals surface area contributed by atoms with Crippen molar-refractivity contribution in [3.8, 4) is 17.0 Å². The molecular weight excluding hydrogens is 402 g/mol. The molecule has 1 fully saturated rings. The van der Waals surface area contributed by atoms with Crippen molar-refractivity contribution in [3.63, 3.8) is 0 Å². The summed E-state index contributed by atoms with van der Waals surface area (Å²) in [6.07, 6.45) is 5.97. The molecule has 2 N–H and O–H groups in total. The lowest BCUT2D eigenvalue weighted by molar-refractivity contribution is 0.249. The summed E-state index contributed by atoms with van der Waals surface area (Å²) in [6.45, 7) is 0.325. The Morgan fingerprint density at radius 2 is 1.80 bits per heavy atom. The highest BCUT2D eigenvalue weighted by atomic mass is 32.2. The van der Waals surface area contributed by atoms with Gasteiger partial charge in [0, 0.05) is 24.4 Å². The van der Waals surface area contributed by atoms with Crippen molar-refractivity contribution in [2.75, 3.05) is 6.26 Å². The smallest absolute Gasteiger partial charge is 0.324 e. The Hall–Kier alpha value is -3.13. The van der Waals surface area contributed by atoms with E-state index in [4.69, 9.17) is 10.5 Å². The van der Waals surface area contributed by atoms with Gasteiger partial charge in [0.1, 0.15) is 18.2 Å². The highest BCUT2D eigenvalue weighted by Gasteiger charge is 2.25. The van der Waals surface area contributed by atoms with E-state index in [9.17, 15) is 13.2 Å². The van der Waals surface area contributed by atoms with E-state index < -0.39 is 15.9 Å². The van der Waals surface area contributed by atoms with Crippen LogP contribution in [0.3, 0.4) is 0 Å². The van der Waals surface area contributed by atoms with Crippen molar-refractivity contribution >= 4 is 15.9 Å². The molecule has 2 aromatic carbocycles. The minimum Gasteiger partial charge on any atom is -0.489 e. The lowest BCUT2D eigenvalue weighted by atomic mass is 10.1. The molecule has 0 radical (unpaired) electrons. The Kier molecular flexibility index (Phi) is 5.34. The van der Waals surface area contributed by atoms with Crippen molar-refractivity contribution in [3.05, 3.63) is 66.1 Å². The molecule has 0 unspecified atom stereocenters. The van der Waals surface area contributed by atoms with Gasteiger partial charge in [-0.15, -0.1) is 0 Å². The van der Waals surface area contributed by atoms with E-state index >= 15 is 0 Å². The van der Waals surface area contributed by atoms with Crippen LogP contribution >= 0.6 is 0 Å². The van der Waals surface area contributed by atoms with Crippen LogP contribution in [0, 0.1) is 5.92 Å². The lowest BCUT2D eigenvalue weighted by Crippen LogP contribution is -2.21. The molecule has 1 saturated carbocycles. The third-order valence-corrected chi connectivity index (χ3v) is 6.22. The van der Waals surface area contributed by atoms with Gasteiger partial charge in [-0.25, -0.2) is 18.2 Å². The quantitative estimate of drug-likeness (QED) is 0.625. The normalized spacial score (nSPS) is 13.9. The highest BCUT2D eigenvalue weighted by molar-refractivity contribution is 7.90. The molecule has 1 heterocycles. The highest BCUT2D eigenvalue weighted by Crippen LogP contribution is 2.33. The summed E-state index contributed by atoms with van der Waals surface area (Å²) in [6, 6.07) is 13.6. The number of nitrogens with two attached hydrogens (primary N) is 1. The van der Waals surface area contributed by atoms with Gasteiger partial charge in [-0.2, -0.15) is 0 Å². The number of primary amides is 1. The fourth-order valence-corrected chi connectivity index (χ4v) is 3.82. The third kappa shape index (κ3) is 4.71. The largest absolute Gasteiger partial charge is 0.489 e. The topological polar surface area (TPSA) is 104 Å². The molecule has 1 aromatic heterocycles. The van der Waals surface area contributed by atoms with Crippen molar-refractivity contribution in [2.45, 2.75) is 30.8 Å². The monoisotopic (exact) mass is 425 g/mol. The predicted octanol–water partition coefficient (Wildman–Crippen LogP) is 3.41. The van der Waals surface area contributed by atoms with Crippen LogP contribution in [0.4, 0.5) is 4.79 Å². The molecule has 0 aliphatic heterocycles. The van der Waals surface area contributed by atoms with Gasteiger partial charge in [-0.1, -0.05) is 12.1 Å². The second-order valence-corrected chi connectivity index (χ2v) is 9.64. The van der Waals surface area contributed by atoms with Gasteiger partial charge in [0.25, 0.3) is 0 Å². The van der Waals surface area contributed by atoms with E-state index in [1.54, 1.807) is 30.5 Å². The van der Waals surface area contributed by atoms with E-state index in [1.165, 1.54) is 23.7 Å². The van der Waals surface area contributed by atoms with Crippen molar-refractivity contribution in [2.24, 2.45) is 11.7 Å². The maximum absolute atomic E-state index is 11.7. The first-order valence-electron chi connectivity index (χ1n) is 9.70. The van der Waals surface area contributed by atoms with Gasteiger partial charge < -0.3 is 10.5 Å². The van der Waals surface area contributed by atoms with Gasteiger partial charge in [-0.3, -0.25) is 4.57 Å². The zero-order valence-corrected chi connectivity index (χ0v) is 17.4. The van der Waals surface area contributed by atoms with Gasteiger partial charge in [0.05, 0.1) is 10.6 Å². The van der Waals surface area contributed by atoms with Crippen LogP contribution in [0.2, 0.25) is 0 Å². The van der Waals surface area contributed by atoms with Crippen LogP contribution < -0.4 is 10.5 Å². The van der Waals surface area contributed by atoms with Crippen LogP contribution in [0.15, 0.2) is 59.6 Å². The summed E-state index contributed by atoms with van der Waals surface area (Å²) in [7, 11) is -3.21. The van der Waals surface area contributed by atoms with Gasteiger partial charge >= 0.3 is 6.03 Å². The minimum atomic E-state index is -3.21. The Bertz CT molecular complexity index is 1160. The fraction of sp³-hybridized carbons (Fsp3) is 0.273. The maximum Gasteiger partial charge on any atom is 0.324 e. The Labute approximate surface area is 175 Å². The molecule has 30 heavy (non-hydrogen) atoms. The second-order valence-electron chi connectivity index (χ2n) is 7.63. The Balaban J connectivity index is 1.43. The molecule has 0 atom stereocenters. The number of carbonyl (C=O) groups excluding carboxylic acids is 1.